The minimum atomic E-state index is 0.0925. The summed E-state index contributed by atoms with van der Waals surface area (Å²) in [5, 5.41) is 0. The van der Waals surface area contributed by atoms with E-state index in [4.69, 9.17) is 5.73 Å². The summed E-state index contributed by atoms with van der Waals surface area (Å²) in [5.41, 5.74) is 7.62. The molecule has 1 aromatic carbocycles. The van der Waals surface area contributed by atoms with Crippen LogP contribution in [-0.4, -0.2) is 17.9 Å². The van der Waals surface area contributed by atoms with E-state index in [2.05, 4.69) is 6.92 Å². The van der Waals surface area contributed by atoms with Crippen molar-refractivity contribution < 1.29 is 4.79 Å². The number of carbonyl (C=O) groups excluding carboxylic acids is 1. The first-order chi connectivity index (χ1) is 8.06. The zero-order chi connectivity index (χ0) is 12.8. The van der Waals surface area contributed by atoms with Crippen molar-refractivity contribution in [2.75, 3.05) is 12.8 Å². The van der Waals surface area contributed by atoms with Crippen LogP contribution < -0.4 is 5.73 Å². The highest BCUT2D eigenvalue weighted by Crippen LogP contribution is 2.15. The van der Waals surface area contributed by atoms with Crippen LogP contribution in [0.3, 0.4) is 0 Å². The van der Waals surface area contributed by atoms with Crippen LogP contribution in [0, 0.1) is 5.92 Å². The van der Waals surface area contributed by atoms with Gasteiger partial charge >= 0.3 is 0 Å². The standard InChI is InChI=1S/C14H22N2O/c1-4-7-11(2)14(17)16(3)10-12-8-5-6-9-13(12)15/h5-6,8-9,11H,4,7,10,15H2,1-3H3. The molecule has 0 fully saturated rings. The summed E-state index contributed by atoms with van der Waals surface area (Å²) >= 11 is 0. The zero-order valence-electron chi connectivity index (χ0n) is 10.9. The predicted octanol–water partition coefficient (Wildman–Crippen LogP) is 2.66. The monoisotopic (exact) mass is 234 g/mol. The lowest BCUT2D eigenvalue weighted by Crippen LogP contribution is -2.31. The first-order valence-electron chi connectivity index (χ1n) is 6.14. The number of hydrogen-bond acceptors (Lipinski definition) is 2. The highest BCUT2D eigenvalue weighted by molar-refractivity contribution is 5.78. The minimum Gasteiger partial charge on any atom is -0.398 e. The van der Waals surface area contributed by atoms with Gasteiger partial charge < -0.3 is 10.6 Å². The second kappa shape index (κ2) is 6.28. The summed E-state index contributed by atoms with van der Waals surface area (Å²) in [5.74, 6) is 0.282. The lowest BCUT2D eigenvalue weighted by molar-refractivity contribution is -0.134. The predicted molar refractivity (Wildman–Crippen MR) is 71.4 cm³/mol. The van der Waals surface area contributed by atoms with Crippen molar-refractivity contribution in [3.05, 3.63) is 29.8 Å². The summed E-state index contributed by atoms with van der Waals surface area (Å²) in [6, 6.07) is 7.67. The molecule has 0 spiro atoms. The number of benzene rings is 1. The van der Waals surface area contributed by atoms with Crippen molar-refractivity contribution in [3.8, 4) is 0 Å². The fourth-order valence-corrected chi connectivity index (χ4v) is 1.94. The molecule has 0 heterocycles. The van der Waals surface area contributed by atoms with E-state index in [0.717, 1.165) is 24.1 Å². The molecule has 0 saturated heterocycles. The maximum atomic E-state index is 12.0. The molecule has 3 heteroatoms. The van der Waals surface area contributed by atoms with Gasteiger partial charge in [-0.05, 0) is 18.1 Å². The molecule has 2 N–H and O–H groups in total. The van der Waals surface area contributed by atoms with E-state index in [0.29, 0.717) is 6.54 Å². The molecule has 0 radical (unpaired) electrons. The summed E-state index contributed by atoms with van der Waals surface area (Å²) in [6.07, 6.45) is 1.97. The molecule has 1 unspecified atom stereocenters. The number of rotatable bonds is 5. The topological polar surface area (TPSA) is 46.3 Å². The van der Waals surface area contributed by atoms with Crippen LogP contribution in [0.2, 0.25) is 0 Å². The number of nitrogens with zero attached hydrogens (tertiary/aromatic N) is 1. The molecule has 1 amide bonds. The summed E-state index contributed by atoms with van der Waals surface area (Å²) in [6.45, 7) is 4.66. The molecule has 0 saturated carbocycles. The Labute approximate surface area is 104 Å². The van der Waals surface area contributed by atoms with Crippen LogP contribution >= 0.6 is 0 Å². The van der Waals surface area contributed by atoms with E-state index in [1.807, 2.05) is 38.2 Å². The molecular formula is C14H22N2O. The summed E-state index contributed by atoms with van der Waals surface area (Å²) < 4.78 is 0. The number of anilines is 1. The van der Waals surface area contributed by atoms with Gasteiger partial charge in [-0.1, -0.05) is 38.5 Å². The number of nitrogen functional groups attached to an aromatic ring is 1. The Kier molecular flexibility index (Phi) is 5.01. The van der Waals surface area contributed by atoms with Gasteiger partial charge in [-0.3, -0.25) is 4.79 Å². The molecule has 94 valence electrons. The number of nitrogens with two attached hydrogens (primary N) is 1. The number of amides is 1. The van der Waals surface area contributed by atoms with Gasteiger partial charge in [0.1, 0.15) is 0 Å². The fraction of sp³-hybridized carbons (Fsp3) is 0.500. The average molecular weight is 234 g/mol. The van der Waals surface area contributed by atoms with Gasteiger partial charge in [0.05, 0.1) is 0 Å². The van der Waals surface area contributed by atoms with E-state index in [-0.39, 0.29) is 11.8 Å². The van der Waals surface area contributed by atoms with Crippen LogP contribution in [-0.2, 0) is 11.3 Å². The van der Waals surface area contributed by atoms with Gasteiger partial charge in [-0.25, -0.2) is 0 Å². The highest BCUT2D eigenvalue weighted by Gasteiger charge is 2.17. The third-order valence-electron chi connectivity index (χ3n) is 2.98. The fourth-order valence-electron chi connectivity index (χ4n) is 1.94. The molecule has 0 aliphatic carbocycles. The first kappa shape index (κ1) is 13.6. The maximum absolute atomic E-state index is 12.0. The van der Waals surface area contributed by atoms with E-state index in [1.165, 1.54) is 0 Å². The quantitative estimate of drug-likeness (QED) is 0.796. The summed E-state index contributed by atoms with van der Waals surface area (Å²) in [4.78, 5) is 13.8. The molecule has 0 aliphatic rings. The average Bonchev–Trinajstić information content (AvgIpc) is 2.31. The van der Waals surface area contributed by atoms with Crippen molar-refractivity contribution in [2.45, 2.75) is 33.2 Å². The van der Waals surface area contributed by atoms with Gasteiger partial charge in [0.15, 0.2) is 0 Å². The maximum Gasteiger partial charge on any atom is 0.225 e. The Morgan fingerprint density at radius 3 is 2.65 bits per heavy atom. The lowest BCUT2D eigenvalue weighted by atomic mass is 10.0. The van der Waals surface area contributed by atoms with Gasteiger partial charge in [-0.15, -0.1) is 0 Å². The van der Waals surface area contributed by atoms with Crippen LogP contribution in [0.15, 0.2) is 24.3 Å². The molecule has 0 bridgehead atoms. The Bertz CT molecular complexity index is 376. The Hall–Kier alpha value is -1.51. The van der Waals surface area contributed by atoms with E-state index < -0.39 is 0 Å². The van der Waals surface area contributed by atoms with E-state index in [1.54, 1.807) is 4.90 Å². The van der Waals surface area contributed by atoms with Gasteiger partial charge in [-0.2, -0.15) is 0 Å². The third-order valence-corrected chi connectivity index (χ3v) is 2.98. The van der Waals surface area contributed by atoms with Crippen molar-refractivity contribution in [3.63, 3.8) is 0 Å². The van der Waals surface area contributed by atoms with Gasteiger partial charge in [0.25, 0.3) is 0 Å². The van der Waals surface area contributed by atoms with Crippen molar-refractivity contribution >= 4 is 11.6 Å². The second-order valence-electron chi connectivity index (χ2n) is 4.58. The Morgan fingerprint density at radius 2 is 2.06 bits per heavy atom. The number of hydrogen-bond donors (Lipinski definition) is 1. The van der Waals surface area contributed by atoms with Crippen molar-refractivity contribution in [1.82, 2.24) is 4.90 Å². The molecule has 0 aliphatic heterocycles. The molecule has 3 nitrogen and oxygen atoms in total. The van der Waals surface area contributed by atoms with E-state index in [9.17, 15) is 4.79 Å². The smallest absolute Gasteiger partial charge is 0.225 e. The molecular weight excluding hydrogens is 212 g/mol. The lowest BCUT2D eigenvalue weighted by Gasteiger charge is -2.22. The number of para-hydroxylation sites is 1. The van der Waals surface area contributed by atoms with Crippen LogP contribution in [0.4, 0.5) is 5.69 Å². The van der Waals surface area contributed by atoms with Crippen molar-refractivity contribution in [1.29, 1.82) is 0 Å². The van der Waals surface area contributed by atoms with Crippen molar-refractivity contribution in [2.24, 2.45) is 5.92 Å². The molecule has 1 aromatic rings. The largest absolute Gasteiger partial charge is 0.398 e. The zero-order valence-corrected chi connectivity index (χ0v) is 10.9. The highest BCUT2D eigenvalue weighted by atomic mass is 16.2. The Balaban J connectivity index is 2.63. The summed E-state index contributed by atoms with van der Waals surface area (Å²) in [7, 11) is 1.83. The normalized spacial score (nSPS) is 12.2. The molecule has 0 aromatic heterocycles. The van der Waals surface area contributed by atoms with Gasteiger partial charge in [0, 0.05) is 25.2 Å². The first-order valence-corrected chi connectivity index (χ1v) is 6.14. The SMILES string of the molecule is CCCC(C)C(=O)N(C)Cc1ccccc1N. The Morgan fingerprint density at radius 1 is 1.41 bits per heavy atom. The van der Waals surface area contributed by atoms with Crippen LogP contribution in [0.25, 0.3) is 0 Å². The molecule has 17 heavy (non-hydrogen) atoms. The van der Waals surface area contributed by atoms with Crippen LogP contribution in [0.1, 0.15) is 32.3 Å². The minimum absolute atomic E-state index is 0.0925. The van der Waals surface area contributed by atoms with Crippen LogP contribution in [0.5, 0.6) is 0 Å². The molecule has 1 atom stereocenters. The second-order valence-corrected chi connectivity index (χ2v) is 4.58. The third kappa shape index (κ3) is 3.77. The molecule has 1 rings (SSSR count). The van der Waals surface area contributed by atoms with E-state index >= 15 is 0 Å². The number of carbonyl (C=O) groups is 1. The van der Waals surface area contributed by atoms with Gasteiger partial charge in [0.2, 0.25) is 5.91 Å².